The second-order valence-electron chi connectivity index (χ2n) is 3.82. The molecule has 0 amide bonds. The highest BCUT2D eigenvalue weighted by Crippen LogP contribution is 2.28. The van der Waals surface area contributed by atoms with E-state index in [-0.39, 0.29) is 11.1 Å². The molecule has 0 bridgehead atoms. The van der Waals surface area contributed by atoms with E-state index in [2.05, 4.69) is 20.7 Å². The molecular weight excluding hydrogens is 318 g/mol. The Labute approximate surface area is 117 Å². The van der Waals surface area contributed by atoms with Crippen molar-refractivity contribution in [3.05, 3.63) is 58.1 Å². The van der Waals surface area contributed by atoms with E-state index < -0.39 is 17.6 Å². The van der Waals surface area contributed by atoms with Crippen molar-refractivity contribution < 1.29 is 18.3 Å². The predicted octanol–water partition coefficient (Wildman–Crippen LogP) is 4.18. The first-order chi connectivity index (χ1) is 9.02. The van der Waals surface area contributed by atoms with E-state index in [4.69, 9.17) is 0 Å². The minimum atomic E-state index is -0.948. The highest BCUT2D eigenvalue weighted by atomic mass is 79.9. The van der Waals surface area contributed by atoms with Crippen LogP contribution in [-0.4, -0.2) is 13.1 Å². The lowest BCUT2D eigenvalue weighted by Gasteiger charge is -2.07. The summed E-state index contributed by atoms with van der Waals surface area (Å²) in [6.07, 6.45) is 0. The molecule has 0 fully saturated rings. The van der Waals surface area contributed by atoms with Gasteiger partial charge in [-0.2, -0.15) is 0 Å². The minimum absolute atomic E-state index is 0.0893. The molecule has 2 rings (SSSR count). The van der Waals surface area contributed by atoms with Gasteiger partial charge in [0.05, 0.1) is 12.7 Å². The van der Waals surface area contributed by atoms with Crippen LogP contribution in [0, 0.1) is 11.6 Å². The molecule has 19 heavy (non-hydrogen) atoms. The summed E-state index contributed by atoms with van der Waals surface area (Å²) in [5.74, 6) is -2.42. The smallest absolute Gasteiger partial charge is 0.337 e. The van der Waals surface area contributed by atoms with Gasteiger partial charge in [-0.15, -0.1) is 0 Å². The normalized spacial score (nSPS) is 10.3. The zero-order valence-electron chi connectivity index (χ0n) is 9.91. The van der Waals surface area contributed by atoms with Gasteiger partial charge in [0.25, 0.3) is 0 Å². The third-order valence-corrected chi connectivity index (χ3v) is 3.04. The summed E-state index contributed by atoms with van der Waals surface area (Å²) in [6, 6.07) is 8.50. The lowest BCUT2D eigenvalue weighted by molar-refractivity contribution is 0.0600. The van der Waals surface area contributed by atoms with Gasteiger partial charge in [-0.1, -0.05) is 28.1 Å². The van der Waals surface area contributed by atoms with Crippen molar-refractivity contribution in [3.63, 3.8) is 0 Å². The van der Waals surface area contributed by atoms with Crippen LogP contribution < -0.4 is 0 Å². The molecule has 0 heterocycles. The number of carbonyl (C=O) groups is 1. The van der Waals surface area contributed by atoms with Gasteiger partial charge >= 0.3 is 5.97 Å². The topological polar surface area (TPSA) is 26.3 Å². The second kappa shape index (κ2) is 5.48. The minimum Gasteiger partial charge on any atom is -0.465 e. The lowest BCUT2D eigenvalue weighted by Crippen LogP contribution is -2.01. The van der Waals surface area contributed by atoms with Gasteiger partial charge in [0.15, 0.2) is 11.6 Å². The SMILES string of the molecule is COC(=O)c1cc(Br)cc(-c2cccc(F)c2F)c1. The number of rotatable bonds is 2. The zero-order valence-corrected chi connectivity index (χ0v) is 11.5. The number of hydrogen-bond acceptors (Lipinski definition) is 2. The Balaban J connectivity index is 2.59. The molecule has 0 aromatic heterocycles. The van der Waals surface area contributed by atoms with Crippen molar-refractivity contribution >= 4 is 21.9 Å². The number of methoxy groups -OCH3 is 1. The summed E-state index contributed by atoms with van der Waals surface area (Å²) in [5, 5.41) is 0. The van der Waals surface area contributed by atoms with Crippen LogP contribution in [0.3, 0.4) is 0 Å². The summed E-state index contributed by atoms with van der Waals surface area (Å²) in [4.78, 5) is 11.5. The van der Waals surface area contributed by atoms with Crippen LogP contribution in [0.25, 0.3) is 11.1 Å². The fourth-order valence-corrected chi connectivity index (χ4v) is 2.20. The molecule has 5 heteroatoms. The third-order valence-electron chi connectivity index (χ3n) is 2.58. The van der Waals surface area contributed by atoms with E-state index in [1.165, 1.54) is 25.3 Å². The fraction of sp³-hybridized carbons (Fsp3) is 0.0714. The maximum absolute atomic E-state index is 13.7. The van der Waals surface area contributed by atoms with E-state index in [0.29, 0.717) is 10.0 Å². The van der Waals surface area contributed by atoms with Crippen LogP contribution in [0.4, 0.5) is 8.78 Å². The van der Waals surface area contributed by atoms with Crippen LogP contribution in [0.1, 0.15) is 10.4 Å². The molecule has 0 saturated carbocycles. The predicted molar refractivity (Wildman–Crippen MR) is 70.8 cm³/mol. The van der Waals surface area contributed by atoms with Gasteiger partial charge < -0.3 is 4.74 Å². The molecule has 98 valence electrons. The first-order valence-corrected chi connectivity index (χ1v) is 6.15. The molecule has 0 N–H and O–H groups in total. The van der Waals surface area contributed by atoms with Crippen LogP contribution in [-0.2, 0) is 4.74 Å². The first-order valence-electron chi connectivity index (χ1n) is 5.36. The van der Waals surface area contributed by atoms with Crippen LogP contribution in [0.15, 0.2) is 40.9 Å². The highest BCUT2D eigenvalue weighted by molar-refractivity contribution is 9.10. The van der Waals surface area contributed by atoms with Gasteiger partial charge in [0, 0.05) is 10.0 Å². The van der Waals surface area contributed by atoms with Gasteiger partial charge in [-0.25, -0.2) is 13.6 Å². The van der Waals surface area contributed by atoms with E-state index in [1.54, 1.807) is 12.1 Å². The van der Waals surface area contributed by atoms with E-state index in [9.17, 15) is 13.6 Å². The van der Waals surface area contributed by atoms with Gasteiger partial charge in [-0.3, -0.25) is 0 Å². The Morgan fingerprint density at radius 3 is 2.63 bits per heavy atom. The Bertz CT molecular complexity index is 641. The molecule has 0 aliphatic rings. The first kappa shape index (κ1) is 13.7. The molecule has 2 aromatic carbocycles. The molecule has 0 radical (unpaired) electrons. The number of ether oxygens (including phenoxy) is 1. The summed E-state index contributed by atoms with van der Waals surface area (Å²) in [7, 11) is 1.26. The van der Waals surface area contributed by atoms with Gasteiger partial charge in [-0.05, 0) is 29.8 Å². The molecule has 0 spiro atoms. The van der Waals surface area contributed by atoms with Crippen molar-refractivity contribution in [3.8, 4) is 11.1 Å². The molecule has 0 aliphatic carbocycles. The monoisotopic (exact) mass is 326 g/mol. The quantitative estimate of drug-likeness (QED) is 0.774. The number of esters is 1. The number of carbonyl (C=O) groups excluding carboxylic acids is 1. The van der Waals surface area contributed by atoms with Gasteiger partial charge in [0.2, 0.25) is 0 Å². The standard InChI is InChI=1S/C14H9BrF2O2/c1-19-14(18)9-5-8(6-10(15)7-9)11-3-2-4-12(16)13(11)17/h2-7H,1H3. The maximum atomic E-state index is 13.7. The van der Waals surface area contributed by atoms with Crippen molar-refractivity contribution in [2.24, 2.45) is 0 Å². The molecule has 2 nitrogen and oxygen atoms in total. The fourth-order valence-electron chi connectivity index (χ4n) is 1.71. The van der Waals surface area contributed by atoms with Crippen LogP contribution >= 0.6 is 15.9 Å². The average Bonchev–Trinajstić information content (AvgIpc) is 2.40. The molecule has 0 unspecified atom stereocenters. The average molecular weight is 327 g/mol. The highest BCUT2D eigenvalue weighted by Gasteiger charge is 2.13. The summed E-state index contributed by atoms with van der Waals surface area (Å²) < 4.78 is 32.1. The molecule has 0 atom stereocenters. The number of hydrogen-bond donors (Lipinski definition) is 0. The van der Waals surface area contributed by atoms with Crippen molar-refractivity contribution in [2.45, 2.75) is 0 Å². The van der Waals surface area contributed by atoms with E-state index in [0.717, 1.165) is 6.07 Å². The molecular formula is C14H9BrF2O2. The van der Waals surface area contributed by atoms with Crippen LogP contribution in [0.5, 0.6) is 0 Å². The van der Waals surface area contributed by atoms with Crippen molar-refractivity contribution in [1.29, 1.82) is 0 Å². The maximum Gasteiger partial charge on any atom is 0.337 e. The van der Waals surface area contributed by atoms with E-state index in [1.807, 2.05) is 0 Å². The summed E-state index contributed by atoms with van der Waals surface area (Å²) in [6.45, 7) is 0. The largest absolute Gasteiger partial charge is 0.465 e. The summed E-state index contributed by atoms with van der Waals surface area (Å²) in [5.41, 5.74) is 0.744. The Morgan fingerprint density at radius 2 is 1.95 bits per heavy atom. The Kier molecular flexibility index (Phi) is 3.95. The third kappa shape index (κ3) is 2.81. The lowest BCUT2D eigenvalue weighted by atomic mass is 10.0. The molecule has 0 saturated heterocycles. The number of halogens is 3. The summed E-state index contributed by atoms with van der Waals surface area (Å²) >= 11 is 3.23. The number of benzene rings is 2. The van der Waals surface area contributed by atoms with Crippen molar-refractivity contribution in [1.82, 2.24) is 0 Å². The van der Waals surface area contributed by atoms with Crippen molar-refractivity contribution in [2.75, 3.05) is 7.11 Å². The second-order valence-corrected chi connectivity index (χ2v) is 4.74. The molecule has 0 aliphatic heterocycles. The van der Waals surface area contributed by atoms with Gasteiger partial charge in [0.1, 0.15) is 0 Å². The molecule has 2 aromatic rings. The van der Waals surface area contributed by atoms with E-state index >= 15 is 0 Å². The zero-order chi connectivity index (χ0) is 14.0. The Hall–Kier alpha value is -1.75. The van der Waals surface area contributed by atoms with Crippen LogP contribution in [0.2, 0.25) is 0 Å². The Morgan fingerprint density at radius 1 is 1.21 bits per heavy atom.